The van der Waals surface area contributed by atoms with E-state index in [4.69, 9.17) is 4.55 Å². The summed E-state index contributed by atoms with van der Waals surface area (Å²) in [5.74, 6) is -0.536. The third kappa shape index (κ3) is 2.33. The van der Waals surface area contributed by atoms with Crippen molar-refractivity contribution in [3.63, 3.8) is 0 Å². The first kappa shape index (κ1) is 12.1. The summed E-state index contributed by atoms with van der Waals surface area (Å²) in [4.78, 5) is 0. The molecule has 92 valence electrons. The Morgan fingerprint density at radius 2 is 2.00 bits per heavy atom. The Morgan fingerprint density at radius 3 is 2.65 bits per heavy atom. The van der Waals surface area contributed by atoms with E-state index in [1.165, 1.54) is 0 Å². The standard InChI is InChI=1S/C11H13NO4S/c13-7-11(8-17(14,15)16)5-6-12-10-4-2-1-3-9(10)11/h1-6,12-13H,7-8H2,(H,14,15,16)/t11-/m0/s1. The van der Waals surface area contributed by atoms with Crippen LogP contribution in [0.15, 0.2) is 36.5 Å². The van der Waals surface area contributed by atoms with Crippen molar-refractivity contribution in [3.8, 4) is 0 Å². The van der Waals surface area contributed by atoms with Crippen LogP contribution in [0.1, 0.15) is 5.56 Å². The van der Waals surface area contributed by atoms with Crippen LogP contribution in [0.25, 0.3) is 0 Å². The largest absolute Gasteiger partial charge is 0.395 e. The molecule has 0 amide bonds. The molecule has 0 saturated carbocycles. The maximum atomic E-state index is 11.1. The number of benzene rings is 1. The molecular formula is C11H13NO4S. The number of hydrogen-bond acceptors (Lipinski definition) is 4. The van der Waals surface area contributed by atoms with E-state index < -0.39 is 21.3 Å². The second kappa shape index (κ2) is 4.14. The highest BCUT2D eigenvalue weighted by Crippen LogP contribution is 2.35. The fraction of sp³-hybridized carbons (Fsp3) is 0.273. The zero-order valence-corrected chi connectivity index (χ0v) is 9.81. The Kier molecular flexibility index (Phi) is 2.94. The van der Waals surface area contributed by atoms with Crippen LogP contribution in [-0.2, 0) is 15.5 Å². The van der Waals surface area contributed by atoms with E-state index in [1.807, 2.05) is 0 Å². The van der Waals surface area contributed by atoms with Crippen LogP contribution in [0.5, 0.6) is 0 Å². The first-order valence-corrected chi connectivity index (χ1v) is 6.68. The fourth-order valence-electron chi connectivity index (χ4n) is 2.06. The summed E-state index contributed by atoms with van der Waals surface area (Å²) >= 11 is 0. The summed E-state index contributed by atoms with van der Waals surface area (Å²) in [5.41, 5.74) is 0.297. The van der Waals surface area contributed by atoms with Crippen molar-refractivity contribution in [2.75, 3.05) is 17.7 Å². The molecule has 6 heteroatoms. The lowest BCUT2D eigenvalue weighted by Gasteiger charge is -2.32. The molecule has 3 N–H and O–H groups in total. The van der Waals surface area contributed by atoms with Gasteiger partial charge in [0.05, 0.1) is 17.8 Å². The molecule has 1 aliphatic rings. The lowest BCUT2D eigenvalue weighted by molar-refractivity contribution is 0.235. The van der Waals surface area contributed by atoms with Gasteiger partial charge in [-0.25, -0.2) is 0 Å². The Balaban J connectivity index is 2.54. The number of aliphatic hydroxyl groups is 1. The molecule has 1 aromatic rings. The molecular weight excluding hydrogens is 242 g/mol. The minimum absolute atomic E-state index is 0.387. The number of rotatable bonds is 3. The van der Waals surface area contributed by atoms with E-state index in [0.29, 0.717) is 5.56 Å². The lowest BCUT2D eigenvalue weighted by Crippen LogP contribution is -2.38. The van der Waals surface area contributed by atoms with Gasteiger partial charge in [-0.3, -0.25) is 4.55 Å². The summed E-state index contributed by atoms with van der Waals surface area (Å²) in [5, 5.41) is 12.5. The third-order valence-corrected chi connectivity index (χ3v) is 3.71. The van der Waals surface area contributed by atoms with Gasteiger partial charge < -0.3 is 10.4 Å². The summed E-state index contributed by atoms with van der Waals surface area (Å²) < 4.78 is 31.1. The topological polar surface area (TPSA) is 86.6 Å². The molecule has 2 rings (SSSR count). The molecule has 0 aromatic heterocycles. The number of anilines is 1. The average Bonchev–Trinajstić information content (AvgIpc) is 2.27. The summed E-state index contributed by atoms with van der Waals surface area (Å²) in [7, 11) is -4.18. The maximum Gasteiger partial charge on any atom is 0.266 e. The molecule has 5 nitrogen and oxygen atoms in total. The molecule has 0 fully saturated rings. The van der Waals surface area contributed by atoms with Crippen LogP contribution in [-0.4, -0.2) is 30.4 Å². The molecule has 0 unspecified atom stereocenters. The smallest absolute Gasteiger partial charge is 0.266 e. The molecule has 0 saturated heterocycles. The fourth-order valence-corrected chi connectivity index (χ4v) is 3.05. The van der Waals surface area contributed by atoms with Gasteiger partial charge in [0.25, 0.3) is 10.1 Å². The predicted octanol–water partition coefficient (Wildman–Crippen LogP) is 0.744. The van der Waals surface area contributed by atoms with Gasteiger partial charge in [0.1, 0.15) is 0 Å². The van der Waals surface area contributed by atoms with Crippen LogP contribution < -0.4 is 5.32 Å². The molecule has 17 heavy (non-hydrogen) atoms. The number of hydrogen-bond donors (Lipinski definition) is 3. The lowest BCUT2D eigenvalue weighted by atomic mass is 9.80. The van der Waals surface area contributed by atoms with E-state index in [0.717, 1.165) is 5.69 Å². The Morgan fingerprint density at radius 1 is 1.29 bits per heavy atom. The number of nitrogens with one attached hydrogen (secondary N) is 1. The van der Waals surface area contributed by atoms with Crippen molar-refractivity contribution < 1.29 is 18.1 Å². The molecule has 0 aliphatic carbocycles. The van der Waals surface area contributed by atoms with Gasteiger partial charge in [-0.2, -0.15) is 8.42 Å². The van der Waals surface area contributed by atoms with Crippen molar-refractivity contribution in [1.82, 2.24) is 0 Å². The molecule has 1 aliphatic heterocycles. The van der Waals surface area contributed by atoms with Crippen LogP contribution in [0, 0.1) is 0 Å². The second-order valence-electron chi connectivity index (χ2n) is 4.06. The van der Waals surface area contributed by atoms with Gasteiger partial charge in [-0.1, -0.05) is 24.3 Å². The zero-order chi connectivity index (χ0) is 12.5. The highest BCUT2D eigenvalue weighted by molar-refractivity contribution is 7.85. The van der Waals surface area contributed by atoms with Crippen LogP contribution in [0.4, 0.5) is 5.69 Å². The molecule has 0 spiro atoms. The van der Waals surface area contributed by atoms with E-state index in [2.05, 4.69) is 5.32 Å². The molecule has 0 radical (unpaired) electrons. The quantitative estimate of drug-likeness (QED) is 0.694. The zero-order valence-electron chi connectivity index (χ0n) is 9.00. The van der Waals surface area contributed by atoms with E-state index >= 15 is 0 Å². The highest BCUT2D eigenvalue weighted by Gasteiger charge is 2.37. The number of aliphatic hydroxyl groups excluding tert-OH is 1. The molecule has 1 heterocycles. The second-order valence-corrected chi connectivity index (χ2v) is 5.52. The van der Waals surface area contributed by atoms with Gasteiger partial charge in [-0.05, 0) is 17.8 Å². The average molecular weight is 255 g/mol. The number of para-hydroxylation sites is 1. The minimum atomic E-state index is -4.18. The first-order chi connectivity index (χ1) is 7.97. The van der Waals surface area contributed by atoms with Crippen LogP contribution in [0.2, 0.25) is 0 Å². The van der Waals surface area contributed by atoms with E-state index in [9.17, 15) is 13.5 Å². The van der Waals surface area contributed by atoms with Gasteiger partial charge in [0.15, 0.2) is 0 Å². The van der Waals surface area contributed by atoms with Crippen LogP contribution >= 0.6 is 0 Å². The SMILES string of the molecule is O=S(=O)(O)C[C@@]1(CO)C=CNc2ccccc21. The molecule has 1 aromatic carbocycles. The Labute approximate surface area is 99.5 Å². The maximum absolute atomic E-state index is 11.1. The van der Waals surface area contributed by atoms with Crippen molar-refractivity contribution in [3.05, 3.63) is 42.1 Å². The Bertz CT molecular complexity index is 552. The highest BCUT2D eigenvalue weighted by atomic mass is 32.2. The molecule has 1 atom stereocenters. The van der Waals surface area contributed by atoms with E-state index in [-0.39, 0.29) is 6.61 Å². The predicted molar refractivity (Wildman–Crippen MR) is 64.4 cm³/mol. The van der Waals surface area contributed by atoms with Crippen LogP contribution in [0.3, 0.4) is 0 Å². The van der Waals surface area contributed by atoms with Crippen molar-refractivity contribution in [1.29, 1.82) is 0 Å². The Hall–Kier alpha value is -1.37. The minimum Gasteiger partial charge on any atom is -0.395 e. The van der Waals surface area contributed by atoms with Crippen molar-refractivity contribution >= 4 is 15.8 Å². The number of fused-ring (bicyclic) bond motifs is 1. The van der Waals surface area contributed by atoms with Gasteiger partial charge in [0, 0.05) is 5.69 Å². The first-order valence-electron chi connectivity index (χ1n) is 5.07. The summed E-state index contributed by atoms with van der Waals surface area (Å²) in [6.07, 6.45) is 3.13. The normalized spacial score (nSPS) is 22.9. The summed E-state index contributed by atoms with van der Waals surface area (Å²) in [6, 6.07) is 7.08. The van der Waals surface area contributed by atoms with Gasteiger partial charge in [0.2, 0.25) is 0 Å². The molecule has 0 bridgehead atoms. The summed E-state index contributed by atoms with van der Waals surface area (Å²) in [6.45, 7) is -0.387. The van der Waals surface area contributed by atoms with E-state index in [1.54, 1.807) is 36.5 Å². The van der Waals surface area contributed by atoms with Gasteiger partial charge in [-0.15, -0.1) is 0 Å². The van der Waals surface area contributed by atoms with Crippen molar-refractivity contribution in [2.24, 2.45) is 0 Å². The van der Waals surface area contributed by atoms with Gasteiger partial charge >= 0.3 is 0 Å². The third-order valence-electron chi connectivity index (χ3n) is 2.83. The van der Waals surface area contributed by atoms with Crippen molar-refractivity contribution in [2.45, 2.75) is 5.41 Å². The monoisotopic (exact) mass is 255 g/mol.